The van der Waals surface area contributed by atoms with Gasteiger partial charge in [0.25, 0.3) is 0 Å². The number of primary amides is 1. The summed E-state index contributed by atoms with van der Waals surface area (Å²) in [5.41, 5.74) is 5.79. The lowest BCUT2D eigenvalue weighted by molar-refractivity contribution is -0.137. The van der Waals surface area contributed by atoms with E-state index in [1.807, 2.05) is 0 Å². The van der Waals surface area contributed by atoms with Gasteiger partial charge in [0.15, 0.2) is 0 Å². The number of rotatable bonds is 10. The number of esters is 1. The van der Waals surface area contributed by atoms with Gasteiger partial charge in [0, 0.05) is 19.4 Å². The molecule has 8 nitrogen and oxygen atoms in total. The van der Waals surface area contributed by atoms with E-state index in [2.05, 4.69) is 10.6 Å². The summed E-state index contributed by atoms with van der Waals surface area (Å²) in [6.45, 7) is 3.09. The molecule has 0 saturated carbocycles. The maximum atomic E-state index is 13.4. The molecular formula is C19H24FN3O5. The van der Waals surface area contributed by atoms with Gasteiger partial charge in [0.1, 0.15) is 17.9 Å². The van der Waals surface area contributed by atoms with E-state index in [0.717, 1.165) is 6.08 Å². The van der Waals surface area contributed by atoms with Crippen LogP contribution in [0.15, 0.2) is 36.4 Å². The van der Waals surface area contributed by atoms with Crippen LogP contribution in [0, 0.1) is 5.82 Å². The first kappa shape index (κ1) is 22.8. The topological polar surface area (TPSA) is 128 Å². The predicted octanol–water partition coefficient (Wildman–Crippen LogP) is 0.352. The minimum absolute atomic E-state index is 0.0212. The number of nitrogens with two attached hydrogens (primary N) is 1. The first-order chi connectivity index (χ1) is 13.2. The highest BCUT2D eigenvalue weighted by atomic mass is 19.1. The lowest BCUT2D eigenvalue weighted by Gasteiger charge is -2.21. The number of hydrogen-bond donors (Lipinski definition) is 3. The second-order valence-electron chi connectivity index (χ2n) is 5.94. The highest BCUT2D eigenvalue weighted by molar-refractivity contribution is 5.91. The van der Waals surface area contributed by atoms with Crippen molar-refractivity contribution in [3.63, 3.8) is 0 Å². The summed E-state index contributed by atoms with van der Waals surface area (Å²) in [6, 6.07) is 3.47. The normalized spacial score (nSPS) is 12.8. The van der Waals surface area contributed by atoms with Crippen LogP contribution in [-0.4, -0.2) is 42.4 Å². The number of hydrogen-bond acceptors (Lipinski definition) is 5. The molecule has 2 atom stereocenters. The number of nitrogens with one attached hydrogen (secondary N) is 2. The first-order valence-electron chi connectivity index (χ1n) is 8.67. The van der Waals surface area contributed by atoms with Gasteiger partial charge in [0.05, 0.1) is 6.61 Å². The SMILES string of the molecule is CCOC(=O)/C=C/C[C@H](NC(=O)[C@@H](Cc1cccc(F)c1)NC(C)=O)C(N)=O. The largest absolute Gasteiger partial charge is 0.463 e. The molecule has 28 heavy (non-hydrogen) atoms. The lowest BCUT2D eigenvalue weighted by Crippen LogP contribution is -2.53. The van der Waals surface area contributed by atoms with Gasteiger partial charge in [-0.2, -0.15) is 0 Å². The Morgan fingerprint density at radius 1 is 1.21 bits per heavy atom. The molecule has 0 unspecified atom stereocenters. The maximum Gasteiger partial charge on any atom is 0.330 e. The zero-order chi connectivity index (χ0) is 21.1. The van der Waals surface area contributed by atoms with E-state index in [9.17, 15) is 23.6 Å². The Labute approximate surface area is 162 Å². The molecule has 4 N–H and O–H groups in total. The summed E-state index contributed by atoms with van der Waals surface area (Å²) < 4.78 is 18.1. The molecular weight excluding hydrogens is 369 g/mol. The zero-order valence-electron chi connectivity index (χ0n) is 15.7. The molecule has 1 aromatic carbocycles. The molecule has 3 amide bonds. The van der Waals surface area contributed by atoms with Crippen molar-refractivity contribution < 1.29 is 28.3 Å². The minimum Gasteiger partial charge on any atom is -0.463 e. The van der Waals surface area contributed by atoms with Gasteiger partial charge < -0.3 is 21.1 Å². The van der Waals surface area contributed by atoms with Crippen molar-refractivity contribution in [1.29, 1.82) is 0 Å². The molecule has 0 aromatic heterocycles. The highest BCUT2D eigenvalue weighted by Crippen LogP contribution is 2.07. The molecule has 0 saturated heterocycles. The summed E-state index contributed by atoms with van der Waals surface area (Å²) in [4.78, 5) is 46.9. The Balaban J connectivity index is 2.83. The summed E-state index contributed by atoms with van der Waals surface area (Å²) in [7, 11) is 0. The van der Waals surface area contributed by atoms with Crippen LogP contribution in [0.1, 0.15) is 25.8 Å². The quantitative estimate of drug-likeness (QED) is 0.390. The third-order valence-corrected chi connectivity index (χ3v) is 3.60. The molecule has 1 rings (SSSR count). The molecule has 0 heterocycles. The van der Waals surface area contributed by atoms with Crippen molar-refractivity contribution >= 4 is 23.7 Å². The van der Waals surface area contributed by atoms with Gasteiger partial charge >= 0.3 is 5.97 Å². The predicted molar refractivity (Wildman–Crippen MR) is 99.2 cm³/mol. The molecule has 0 aliphatic rings. The smallest absolute Gasteiger partial charge is 0.330 e. The van der Waals surface area contributed by atoms with Crippen LogP contribution in [0.4, 0.5) is 4.39 Å². The fourth-order valence-corrected chi connectivity index (χ4v) is 2.36. The van der Waals surface area contributed by atoms with Gasteiger partial charge in [-0.1, -0.05) is 18.2 Å². The molecule has 0 fully saturated rings. The summed E-state index contributed by atoms with van der Waals surface area (Å²) in [5.74, 6) is -2.99. The van der Waals surface area contributed by atoms with Crippen LogP contribution in [0.2, 0.25) is 0 Å². The summed E-state index contributed by atoms with van der Waals surface area (Å²) in [6.07, 6.45) is 2.47. The number of carbonyl (C=O) groups excluding carboxylic acids is 4. The standard InChI is InChI=1S/C19H24FN3O5/c1-3-28-17(25)9-5-8-15(18(21)26)23-19(27)16(22-12(2)24)11-13-6-4-7-14(20)10-13/h4-7,9-10,15-16H,3,8,11H2,1-2H3,(H2,21,26)(H,22,24)(H,23,27)/b9-5+/t15-,16+/m0/s1. The van der Waals surface area contributed by atoms with Gasteiger partial charge in [-0.15, -0.1) is 0 Å². The van der Waals surface area contributed by atoms with Gasteiger partial charge in [0.2, 0.25) is 17.7 Å². The van der Waals surface area contributed by atoms with Crippen LogP contribution >= 0.6 is 0 Å². The van der Waals surface area contributed by atoms with Gasteiger partial charge in [-0.25, -0.2) is 9.18 Å². The van der Waals surface area contributed by atoms with E-state index in [1.54, 1.807) is 13.0 Å². The van der Waals surface area contributed by atoms with Crippen molar-refractivity contribution in [2.45, 2.75) is 38.8 Å². The van der Waals surface area contributed by atoms with Crippen LogP contribution in [0.3, 0.4) is 0 Å². The fraction of sp³-hybridized carbons (Fsp3) is 0.368. The summed E-state index contributed by atoms with van der Waals surface area (Å²) in [5, 5.41) is 4.90. The van der Waals surface area contributed by atoms with E-state index in [0.29, 0.717) is 5.56 Å². The van der Waals surface area contributed by atoms with E-state index in [1.165, 1.54) is 31.2 Å². The third kappa shape index (κ3) is 8.43. The van der Waals surface area contributed by atoms with Crippen LogP contribution in [0.25, 0.3) is 0 Å². The van der Waals surface area contributed by atoms with Crippen molar-refractivity contribution in [1.82, 2.24) is 10.6 Å². The van der Waals surface area contributed by atoms with Crippen molar-refractivity contribution in [2.24, 2.45) is 5.73 Å². The molecule has 0 radical (unpaired) electrons. The fourth-order valence-electron chi connectivity index (χ4n) is 2.36. The average Bonchev–Trinajstić information content (AvgIpc) is 2.60. The number of halogens is 1. The van der Waals surface area contributed by atoms with E-state index >= 15 is 0 Å². The van der Waals surface area contributed by atoms with E-state index in [-0.39, 0.29) is 19.4 Å². The number of benzene rings is 1. The zero-order valence-corrected chi connectivity index (χ0v) is 15.7. The third-order valence-electron chi connectivity index (χ3n) is 3.60. The molecule has 0 aliphatic heterocycles. The lowest BCUT2D eigenvalue weighted by atomic mass is 10.0. The minimum atomic E-state index is -1.10. The molecule has 152 valence electrons. The second kappa shape index (κ2) is 11.5. The molecule has 0 bridgehead atoms. The Kier molecular flexibility index (Phi) is 9.35. The first-order valence-corrected chi connectivity index (χ1v) is 8.67. The van der Waals surface area contributed by atoms with Crippen LogP contribution in [-0.2, 0) is 30.3 Å². The molecule has 9 heteroatoms. The van der Waals surface area contributed by atoms with Gasteiger partial charge in [-0.3, -0.25) is 14.4 Å². The molecule has 0 aliphatic carbocycles. The summed E-state index contributed by atoms with van der Waals surface area (Å²) >= 11 is 0. The Bertz CT molecular complexity index is 751. The van der Waals surface area contributed by atoms with Crippen molar-refractivity contribution in [3.8, 4) is 0 Å². The van der Waals surface area contributed by atoms with Crippen LogP contribution < -0.4 is 16.4 Å². The van der Waals surface area contributed by atoms with Gasteiger partial charge in [-0.05, 0) is 31.0 Å². The molecule has 0 spiro atoms. The second-order valence-corrected chi connectivity index (χ2v) is 5.94. The monoisotopic (exact) mass is 393 g/mol. The maximum absolute atomic E-state index is 13.4. The number of carbonyl (C=O) groups is 4. The van der Waals surface area contributed by atoms with Crippen molar-refractivity contribution in [2.75, 3.05) is 6.61 Å². The Hall–Kier alpha value is -3.23. The van der Waals surface area contributed by atoms with E-state index < -0.39 is 41.6 Å². The van der Waals surface area contributed by atoms with Crippen LogP contribution in [0.5, 0.6) is 0 Å². The number of amides is 3. The highest BCUT2D eigenvalue weighted by Gasteiger charge is 2.24. The average molecular weight is 393 g/mol. The van der Waals surface area contributed by atoms with Crippen molar-refractivity contribution in [3.05, 3.63) is 47.8 Å². The Morgan fingerprint density at radius 3 is 2.50 bits per heavy atom. The molecule has 1 aromatic rings. The Morgan fingerprint density at radius 2 is 1.93 bits per heavy atom. The van der Waals surface area contributed by atoms with E-state index in [4.69, 9.17) is 10.5 Å². The number of ether oxygens (including phenoxy) is 1.